The lowest BCUT2D eigenvalue weighted by atomic mass is 10.2. The summed E-state index contributed by atoms with van der Waals surface area (Å²) in [5, 5.41) is 0.530. The number of aromatic nitrogens is 1. The standard InChI is InChI=1S/C30H44N4O5S2/c1-7-11-19-33(20-12-8-2)41(36,37)24-15-13-23(14-16-24)29(35)34(22-21-32(9-3)10-4)30-31-27-25(38-5)17-18-26(39-6)28(27)40-30/h13-18H,7-12,19-22H2,1-6H3. The molecule has 1 heterocycles. The van der Waals surface area contributed by atoms with Crippen molar-refractivity contribution in [1.29, 1.82) is 0 Å². The third kappa shape index (κ3) is 7.77. The summed E-state index contributed by atoms with van der Waals surface area (Å²) < 4.78 is 40.3. The first kappa shape index (κ1) is 32.8. The molecule has 0 aliphatic heterocycles. The Bertz CT molecular complexity index is 1320. The van der Waals surface area contributed by atoms with E-state index in [0.29, 0.717) is 53.9 Å². The quantitative estimate of drug-likeness (QED) is 0.190. The van der Waals surface area contributed by atoms with Gasteiger partial charge in [-0.1, -0.05) is 51.9 Å². The van der Waals surface area contributed by atoms with Crippen LogP contribution in [0, 0.1) is 0 Å². The molecule has 0 atom stereocenters. The van der Waals surface area contributed by atoms with E-state index in [4.69, 9.17) is 14.5 Å². The van der Waals surface area contributed by atoms with Gasteiger partial charge in [0, 0.05) is 31.7 Å². The average Bonchev–Trinajstić information content (AvgIpc) is 3.44. The Labute approximate surface area is 249 Å². The molecule has 226 valence electrons. The van der Waals surface area contributed by atoms with Gasteiger partial charge in [0.15, 0.2) is 5.13 Å². The van der Waals surface area contributed by atoms with Gasteiger partial charge in [0.2, 0.25) is 10.0 Å². The number of likely N-dealkylation sites (N-methyl/N-ethyl adjacent to an activating group) is 1. The normalized spacial score (nSPS) is 11.9. The predicted molar refractivity (Wildman–Crippen MR) is 167 cm³/mol. The summed E-state index contributed by atoms with van der Waals surface area (Å²) >= 11 is 1.37. The van der Waals surface area contributed by atoms with Crippen LogP contribution in [-0.4, -0.2) is 82.0 Å². The van der Waals surface area contributed by atoms with Crippen LogP contribution in [0.25, 0.3) is 10.2 Å². The van der Waals surface area contributed by atoms with Gasteiger partial charge in [-0.25, -0.2) is 13.4 Å². The monoisotopic (exact) mass is 604 g/mol. The van der Waals surface area contributed by atoms with Crippen LogP contribution in [0.15, 0.2) is 41.3 Å². The van der Waals surface area contributed by atoms with Crippen LogP contribution in [0.1, 0.15) is 63.7 Å². The molecule has 0 unspecified atom stereocenters. The molecule has 3 aromatic rings. The van der Waals surface area contributed by atoms with E-state index in [-0.39, 0.29) is 10.8 Å². The Morgan fingerprint density at radius 2 is 1.41 bits per heavy atom. The number of sulfonamides is 1. The number of methoxy groups -OCH3 is 2. The van der Waals surface area contributed by atoms with Crippen LogP contribution in [0.5, 0.6) is 11.5 Å². The molecule has 1 aromatic heterocycles. The highest BCUT2D eigenvalue weighted by molar-refractivity contribution is 7.89. The maximum Gasteiger partial charge on any atom is 0.260 e. The van der Waals surface area contributed by atoms with Crippen molar-refractivity contribution in [2.75, 3.05) is 58.4 Å². The van der Waals surface area contributed by atoms with Gasteiger partial charge < -0.3 is 14.4 Å². The molecular weight excluding hydrogens is 560 g/mol. The lowest BCUT2D eigenvalue weighted by Crippen LogP contribution is -2.39. The number of nitrogens with zero attached hydrogens (tertiary/aromatic N) is 4. The fourth-order valence-corrected chi connectivity index (χ4v) is 7.17. The zero-order valence-corrected chi connectivity index (χ0v) is 26.8. The largest absolute Gasteiger partial charge is 0.495 e. The van der Waals surface area contributed by atoms with Gasteiger partial charge in [-0.3, -0.25) is 9.69 Å². The zero-order chi connectivity index (χ0) is 30.0. The molecule has 0 N–H and O–H groups in total. The molecule has 0 saturated heterocycles. The zero-order valence-electron chi connectivity index (χ0n) is 25.2. The first-order valence-corrected chi connectivity index (χ1v) is 16.7. The maximum atomic E-state index is 13.9. The number of benzene rings is 2. The second-order valence-electron chi connectivity index (χ2n) is 9.76. The number of thiazole rings is 1. The Morgan fingerprint density at radius 1 is 0.829 bits per heavy atom. The number of carbonyl (C=O) groups is 1. The molecule has 0 fully saturated rings. The third-order valence-corrected chi connectivity index (χ3v) is 10.2. The van der Waals surface area contributed by atoms with Crippen molar-refractivity contribution in [2.24, 2.45) is 0 Å². The molecule has 0 bridgehead atoms. The highest BCUT2D eigenvalue weighted by Crippen LogP contribution is 2.40. The molecule has 3 rings (SSSR count). The fraction of sp³-hybridized carbons (Fsp3) is 0.533. The van der Waals surface area contributed by atoms with E-state index >= 15 is 0 Å². The molecule has 2 aromatic carbocycles. The third-order valence-electron chi connectivity index (χ3n) is 7.17. The summed E-state index contributed by atoms with van der Waals surface area (Å²) in [4.78, 5) is 22.9. The second kappa shape index (κ2) is 15.5. The van der Waals surface area contributed by atoms with Crippen LogP contribution in [-0.2, 0) is 10.0 Å². The predicted octanol–water partition coefficient (Wildman–Crippen LogP) is 5.89. The summed E-state index contributed by atoms with van der Waals surface area (Å²) in [6, 6.07) is 9.92. The number of rotatable bonds is 17. The molecule has 0 aliphatic rings. The molecule has 0 saturated carbocycles. The van der Waals surface area contributed by atoms with Crippen molar-refractivity contribution in [2.45, 2.75) is 58.3 Å². The van der Waals surface area contributed by atoms with Gasteiger partial charge in [0.25, 0.3) is 5.91 Å². The van der Waals surface area contributed by atoms with Crippen molar-refractivity contribution in [3.8, 4) is 11.5 Å². The highest BCUT2D eigenvalue weighted by Gasteiger charge is 2.27. The summed E-state index contributed by atoms with van der Waals surface area (Å²) in [5.41, 5.74) is 1.03. The smallest absolute Gasteiger partial charge is 0.260 e. The van der Waals surface area contributed by atoms with Gasteiger partial charge in [-0.05, 0) is 62.3 Å². The number of amides is 1. The van der Waals surface area contributed by atoms with E-state index in [1.807, 2.05) is 6.07 Å². The number of hydrogen-bond donors (Lipinski definition) is 0. The lowest BCUT2D eigenvalue weighted by molar-refractivity contribution is 0.0983. The highest BCUT2D eigenvalue weighted by atomic mass is 32.2. The van der Waals surface area contributed by atoms with Gasteiger partial charge in [0.1, 0.15) is 21.7 Å². The number of ether oxygens (including phenoxy) is 2. The van der Waals surface area contributed by atoms with Gasteiger partial charge >= 0.3 is 0 Å². The first-order valence-electron chi connectivity index (χ1n) is 14.4. The van der Waals surface area contributed by atoms with E-state index in [2.05, 4.69) is 32.6 Å². The summed E-state index contributed by atoms with van der Waals surface area (Å²) in [6.07, 6.45) is 3.44. The SMILES string of the molecule is CCCCN(CCCC)S(=O)(=O)c1ccc(C(=O)N(CCN(CC)CC)c2nc3c(OC)ccc(OC)c3s2)cc1. The van der Waals surface area contributed by atoms with Crippen LogP contribution in [0.3, 0.4) is 0 Å². The summed E-state index contributed by atoms with van der Waals surface area (Å²) in [7, 11) is -0.467. The molecule has 9 nitrogen and oxygen atoms in total. The van der Waals surface area contributed by atoms with E-state index < -0.39 is 10.0 Å². The Hall–Kier alpha value is -2.73. The van der Waals surface area contributed by atoms with Gasteiger partial charge in [-0.15, -0.1) is 0 Å². The van der Waals surface area contributed by atoms with Crippen LogP contribution >= 0.6 is 11.3 Å². The number of unbranched alkanes of at least 4 members (excludes halogenated alkanes) is 2. The molecule has 41 heavy (non-hydrogen) atoms. The van der Waals surface area contributed by atoms with Crippen molar-refractivity contribution in [3.05, 3.63) is 42.0 Å². The van der Waals surface area contributed by atoms with E-state index in [1.54, 1.807) is 53.8 Å². The van der Waals surface area contributed by atoms with E-state index in [9.17, 15) is 13.2 Å². The summed E-state index contributed by atoms with van der Waals surface area (Å²) in [5.74, 6) is 1.02. The first-order chi connectivity index (χ1) is 19.7. The molecule has 0 aliphatic carbocycles. The van der Waals surface area contributed by atoms with Crippen molar-refractivity contribution in [1.82, 2.24) is 14.2 Å². The topological polar surface area (TPSA) is 92.3 Å². The Morgan fingerprint density at radius 3 is 1.95 bits per heavy atom. The lowest BCUT2D eigenvalue weighted by Gasteiger charge is -2.25. The Kier molecular flexibility index (Phi) is 12.4. The van der Waals surface area contributed by atoms with Gasteiger partial charge in [-0.2, -0.15) is 4.31 Å². The number of hydrogen-bond acceptors (Lipinski definition) is 8. The van der Waals surface area contributed by atoms with E-state index in [0.717, 1.165) is 43.5 Å². The number of fused-ring (bicyclic) bond motifs is 1. The molecule has 0 spiro atoms. The minimum atomic E-state index is -3.66. The molecule has 1 amide bonds. The molecular formula is C30H44N4O5S2. The fourth-order valence-electron chi connectivity index (χ4n) is 4.55. The number of anilines is 1. The number of carbonyl (C=O) groups excluding carboxylic acids is 1. The molecule has 11 heteroatoms. The summed E-state index contributed by atoms with van der Waals surface area (Å²) in [6.45, 7) is 12.1. The van der Waals surface area contributed by atoms with Crippen LogP contribution < -0.4 is 14.4 Å². The minimum absolute atomic E-state index is 0.199. The maximum absolute atomic E-state index is 13.9. The van der Waals surface area contributed by atoms with Crippen LogP contribution in [0.4, 0.5) is 5.13 Å². The van der Waals surface area contributed by atoms with E-state index in [1.165, 1.54) is 11.3 Å². The van der Waals surface area contributed by atoms with Crippen molar-refractivity contribution in [3.63, 3.8) is 0 Å². The van der Waals surface area contributed by atoms with Crippen molar-refractivity contribution >= 4 is 42.6 Å². The van der Waals surface area contributed by atoms with Crippen molar-refractivity contribution < 1.29 is 22.7 Å². The minimum Gasteiger partial charge on any atom is -0.495 e. The second-order valence-corrected chi connectivity index (χ2v) is 12.7. The van der Waals surface area contributed by atoms with Gasteiger partial charge in [0.05, 0.1) is 19.1 Å². The molecule has 0 radical (unpaired) electrons. The Balaban J connectivity index is 1.98. The van der Waals surface area contributed by atoms with Crippen LogP contribution in [0.2, 0.25) is 0 Å². The average molecular weight is 605 g/mol.